The van der Waals surface area contributed by atoms with Crippen molar-refractivity contribution in [3.63, 3.8) is 0 Å². The van der Waals surface area contributed by atoms with E-state index in [-0.39, 0.29) is 6.42 Å². The first-order chi connectivity index (χ1) is 6.46. The number of hydrogen-bond acceptors (Lipinski definition) is 1. The second kappa shape index (κ2) is 4.28. The van der Waals surface area contributed by atoms with Crippen LogP contribution in [0.3, 0.4) is 0 Å². The summed E-state index contributed by atoms with van der Waals surface area (Å²) >= 11 is 0. The quantitative estimate of drug-likeness (QED) is 0.647. The molecule has 0 N–H and O–H groups in total. The van der Waals surface area contributed by atoms with Crippen LogP contribution in [0.5, 0.6) is 0 Å². The molecule has 92 valence electrons. The molecule has 5 heteroatoms. The molecule has 1 unspecified atom stereocenters. The first-order valence-corrected chi connectivity index (χ1v) is 4.82. The molecular formula is C10H18F4O. The molecule has 0 saturated heterocycles. The maximum atomic E-state index is 12.7. The van der Waals surface area contributed by atoms with Gasteiger partial charge in [-0.3, -0.25) is 0 Å². The Labute approximate surface area is 87.8 Å². The van der Waals surface area contributed by atoms with Crippen molar-refractivity contribution < 1.29 is 22.3 Å². The first kappa shape index (κ1) is 14.7. The Kier molecular flexibility index (Phi) is 4.18. The van der Waals surface area contributed by atoms with Gasteiger partial charge in [-0.15, -0.1) is 0 Å². The van der Waals surface area contributed by atoms with Gasteiger partial charge in [0.05, 0.1) is 11.0 Å². The normalized spacial score (nSPS) is 18.0. The number of alkyl halides is 4. The zero-order chi connectivity index (χ0) is 12.5. The minimum Gasteiger partial charge on any atom is -0.314 e. The fraction of sp³-hybridized carbons (Fsp3) is 1.00. The van der Waals surface area contributed by atoms with E-state index in [9.17, 15) is 17.6 Å². The van der Waals surface area contributed by atoms with Crippen molar-refractivity contribution in [2.24, 2.45) is 5.41 Å². The lowest BCUT2D eigenvalue weighted by molar-refractivity contribution is -0.316. The number of hydrogen-bond donors (Lipinski definition) is 0. The lowest BCUT2D eigenvalue weighted by atomic mass is 9.74. The SMILES string of the molecule is CCC(C)(OC(C)(F)F)C(C)(C)C(F)F. The lowest BCUT2D eigenvalue weighted by Crippen LogP contribution is -2.51. The summed E-state index contributed by atoms with van der Waals surface area (Å²) in [4.78, 5) is 0. The van der Waals surface area contributed by atoms with Crippen LogP contribution in [0.2, 0.25) is 0 Å². The van der Waals surface area contributed by atoms with Crippen molar-refractivity contribution in [2.45, 2.75) is 59.2 Å². The smallest absolute Gasteiger partial charge is 0.314 e. The van der Waals surface area contributed by atoms with E-state index in [1.165, 1.54) is 20.8 Å². The summed E-state index contributed by atoms with van der Waals surface area (Å²) in [6.45, 7) is 5.86. The van der Waals surface area contributed by atoms with Crippen molar-refractivity contribution in [1.29, 1.82) is 0 Å². The van der Waals surface area contributed by atoms with Gasteiger partial charge in [-0.25, -0.2) is 8.78 Å². The van der Waals surface area contributed by atoms with Gasteiger partial charge in [0, 0.05) is 6.92 Å². The third-order valence-corrected chi connectivity index (χ3v) is 2.99. The van der Waals surface area contributed by atoms with Crippen molar-refractivity contribution in [3.05, 3.63) is 0 Å². The van der Waals surface area contributed by atoms with Crippen LogP contribution in [0.25, 0.3) is 0 Å². The van der Waals surface area contributed by atoms with Crippen molar-refractivity contribution >= 4 is 0 Å². The summed E-state index contributed by atoms with van der Waals surface area (Å²) in [6, 6.07) is 0. The molecule has 0 aromatic rings. The zero-order valence-electron chi connectivity index (χ0n) is 9.70. The van der Waals surface area contributed by atoms with E-state index in [4.69, 9.17) is 0 Å². The molecule has 0 spiro atoms. The van der Waals surface area contributed by atoms with Gasteiger partial charge in [0.25, 0.3) is 0 Å². The Hall–Kier alpha value is -0.320. The zero-order valence-corrected chi connectivity index (χ0v) is 9.70. The fourth-order valence-corrected chi connectivity index (χ4v) is 1.29. The van der Waals surface area contributed by atoms with E-state index < -0.39 is 23.6 Å². The Balaban J connectivity index is 5.01. The van der Waals surface area contributed by atoms with Crippen LogP contribution < -0.4 is 0 Å². The molecule has 0 heterocycles. The van der Waals surface area contributed by atoms with E-state index in [2.05, 4.69) is 4.74 Å². The highest BCUT2D eigenvalue weighted by molar-refractivity contribution is 4.93. The molecule has 0 radical (unpaired) electrons. The Bertz CT molecular complexity index is 210. The molecule has 0 aliphatic rings. The highest BCUT2D eigenvalue weighted by Crippen LogP contribution is 2.44. The van der Waals surface area contributed by atoms with Gasteiger partial charge in [0.2, 0.25) is 6.43 Å². The summed E-state index contributed by atoms with van der Waals surface area (Å²) in [5.74, 6) is 0. The number of ether oxygens (including phenoxy) is 1. The molecule has 1 atom stereocenters. The average molecular weight is 230 g/mol. The second-order valence-electron chi connectivity index (χ2n) is 4.52. The Morgan fingerprint density at radius 3 is 1.67 bits per heavy atom. The van der Waals surface area contributed by atoms with Gasteiger partial charge in [-0.1, -0.05) is 20.8 Å². The monoisotopic (exact) mass is 230 g/mol. The van der Waals surface area contributed by atoms with E-state index >= 15 is 0 Å². The van der Waals surface area contributed by atoms with Crippen LogP contribution in [0.1, 0.15) is 41.0 Å². The van der Waals surface area contributed by atoms with E-state index in [1.54, 1.807) is 6.92 Å². The van der Waals surface area contributed by atoms with Crippen LogP contribution >= 0.6 is 0 Å². The lowest BCUT2D eigenvalue weighted by Gasteiger charge is -2.44. The topological polar surface area (TPSA) is 9.23 Å². The Morgan fingerprint density at radius 2 is 1.47 bits per heavy atom. The Morgan fingerprint density at radius 1 is 1.07 bits per heavy atom. The molecular weight excluding hydrogens is 212 g/mol. The molecule has 0 bridgehead atoms. The molecule has 15 heavy (non-hydrogen) atoms. The molecule has 0 amide bonds. The van der Waals surface area contributed by atoms with Gasteiger partial charge in [-0.2, -0.15) is 8.78 Å². The van der Waals surface area contributed by atoms with Gasteiger partial charge in [0.1, 0.15) is 0 Å². The summed E-state index contributed by atoms with van der Waals surface area (Å²) < 4.78 is 55.4. The largest absolute Gasteiger partial charge is 0.353 e. The molecule has 1 nitrogen and oxygen atoms in total. The van der Waals surface area contributed by atoms with Crippen LogP contribution in [0, 0.1) is 5.41 Å². The molecule has 0 rings (SSSR count). The number of rotatable bonds is 5. The number of halogens is 4. The average Bonchev–Trinajstić information content (AvgIpc) is 2.00. The van der Waals surface area contributed by atoms with Gasteiger partial charge in [0.15, 0.2) is 0 Å². The summed E-state index contributed by atoms with van der Waals surface area (Å²) in [6.07, 6.45) is -6.03. The van der Waals surface area contributed by atoms with Crippen LogP contribution in [0.15, 0.2) is 0 Å². The minimum atomic E-state index is -3.41. The molecule has 0 aromatic carbocycles. The maximum Gasteiger partial charge on any atom is 0.353 e. The van der Waals surface area contributed by atoms with E-state index in [1.807, 2.05) is 0 Å². The third kappa shape index (κ3) is 3.33. The minimum absolute atomic E-state index is 0.0910. The van der Waals surface area contributed by atoms with Crippen LogP contribution in [-0.4, -0.2) is 18.1 Å². The van der Waals surface area contributed by atoms with Crippen molar-refractivity contribution in [2.75, 3.05) is 0 Å². The van der Waals surface area contributed by atoms with Crippen molar-refractivity contribution in [1.82, 2.24) is 0 Å². The van der Waals surface area contributed by atoms with Gasteiger partial charge >= 0.3 is 6.11 Å². The second-order valence-corrected chi connectivity index (χ2v) is 4.52. The maximum absolute atomic E-state index is 12.7. The first-order valence-electron chi connectivity index (χ1n) is 4.82. The standard InChI is InChI=1S/C10H18F4O/c1-6-9(4,15-10(5,13)14)8(2,3)7(11)12/h7H,6H2,1-5H3. The predicted molar refractivity (Wildman–Crippen MR) is 50.2 cm³/mol. The third-order valence-electron chi connectivity index (χ3n) is 2.99. The molecule has 0 saturated carbocycles. The van der Waals surface area contributed by atoms with Crippen LogP contribution in [-0.2, 0) is 4.74 Å². The fourth-order valence-electron chi connectivity index (χ4n) is 1.29. The highest BCUT2D eigenvalue weighted by Gasteiger charge is 2.51. The van der Waals surface area contributed by atoms with E-state index in [0.29, 0.717) is 6.92 Å². The molecule has 0 aliphatic carbocycles. The molecule has 0 fully saturated rings. The summed E-state index contributed by atoms with van der Waals surface area (Å²) in [5, 5.41) is 0. The highest BCUT2D eigenvalue weighted by atomic mass is 19.3. The van der Waals surface area contributed by atoms with Gasteiger partial charge < -0.3 is 4.74 Å². The summed E-state index contributed by atoms with van der Waals surface area (Å²) in [5.41, 5.74) is -3.18. The molecule has 0 aromatic heterocycles. The predicted octanol–water partition coefficient (Wildman–Crippen LogP) is 4.08. The van der Waals surface area contributed by atoms with Gasteiger partial charge in [-0.05, 0) is 13.3 Å². The molecule has 0 aliphatic heterocycles. The van der Waals surface area contributed by atoms with Crippen LogP contribution in [0.4, 0.5) is 17.6 Å². The summed E-state index contributed by atoms with van der Waals surface area (Å²) in [7, 11) is 0. The van der Waals surface area contributed by atoms with Crippen molar-refractivity contribution in [3.8, 4) is 0 Å². The van der Waals surface area contributed by atoms with E-state index in [0.717, 1.165) is 0 Å².